The Labute approximate surface area is 175 Å². The summed E-state index contributed by atoms with van der Waals surface area (Å²) in [4.78, 5) is 16.8. The molecule has 4 aromatic rings. The molecule has 0 aliphatic carbocycles. The zero-order chi connectivity index (χ0) is 21.1. The lowest BCUT2D eigenvalue weighted by atomic mass is 10.1. The van der Waals surface area contributed by atoms with E-state index < -0.39 is 11.7 Å². The average molecular weight is 426 g/mol. The van der Waals surface area contributed by atoms with Crippen LogP contribution in [0.2, 0.25) is 5.02 Å². The minimum atomic E-state index is -0.533. The molecule has 0 spiro atoms. The van der Waals surface area contributed by atoms with Crippen LogP contribution in [0.4, 0.5) is 8.78 Å². The van der Waals surface area contributed by atoms with Gasteiger partial charge in [0.2, 0.25) is 0 Å². The van der Waals surface area contributed by atoms with E-state index in [1.165, 1.54) is 47.1 Å². The molecule has 9 heteroatoms. The fourth-order valence-electron chi connectivity index (χ4n) is 2.88. The van der Waals surface area contributed by atoms with Gasteiger partial charge in [-0.1, -0.05) is 22.9 Å². The van der Waals surface area contributed by atoms with Crippen LogP contribution in [0.15, 0.2) is 67.0 Å². The molecule has 0 unspecified atom stereocenters. The van der Waals surface area contributed by atoms with Gasteiger partial charge in [0.1, 0.15) is 17.3 Å². The third kappa shape index (κ3) is 4.04. The molecule has 0 radical (unpaired) electrons. The number of carbonyl (C=O) groups excluding carboxylic acids is 1. The summed E-state index contributed by atoms with van der Waals surface area (Å²) in [6, 6.07) is 13.3. The highest BCUT2D eigenvalue weighted by Gasteiger charge is 2.22. The molecule has 2 aromatic heterocycles. The Morgan fingerprint density at radius 3 is 2.47 bits per heavy atom. The lowest BCUT2D eigenvalue weighted by molar-refractivity contribution is 0.0946. The molecule has 0 aliphatic rings. The molecule has 0 fully saturated rings. The Bertz CT molecular complexity index is 1200. The summed E-state index contributed by atoms with van der Waals surface area (Å²) in [5.41, 5.74) is 2.35. The van der Waals surface area contributed by atoms with Crippen LogP contribution in [0, 0.1) is 11.6 Å². The Kier molecular flexibility index (Phi) is 5.49. The number of nitrogens with zero attached hydrogens (tertiary/aromatic N) is 4. The summed E-state index contributed by atoms with van der Waals surface area (Å²) in [5, 5.41) is 10.8. The van der Waals surface area contributed by atoms with Gasteiger partial charge in [-0.15, -0.1) is 5.10 Å². The van der Waals surface area contributed by atoms with Crippen LogP contribution < -0.4 is 5.32 Å². The van der Waals surface area contributed by atoms with E-state index in [2.05, 4.69) is 20.6 Å². The summed E-state index contributed by atoms with van der Waals surface area (Å²) in [5.74, 6) is -1.40. The van der Waals surface area contributed by atoms with Crippen LogP contribution >= 0.6 is 11.6 Å². The number of pyridine rings is 1. The van der Waals surface area contributed by atoms with E-state index in [0.29, 0.717) is 22.5 Å². The Balaban J connectivity index is 1.67. The lowest BCUT2D eigenvalue weighted by Gasteiger charge is -2.09. The molecule has 1 N–H and O–H groups in total. The van der Waals surface area contributed by atoms with Crippen LogP contribution in [0.25, 0.3) is 16.9 Å². The van der Waals surface area contributed by atoms with Crippen molar-refractivity contribution in [3.63, 3.8) is 0 Å². The summed E-state index contributed by atoms with van der Waals surface area (Å²) in [6.07, 6.45) is 3.17. The highest BCUT2D eigenvalue weighted by molar-refractivity contribution is 6.30. The third-order valence-electron chi connectivity index (χ3n) is 4.35. The zero-order valence-corrected chi connectivity index (χ0v) is 16.1. The van der Waals surface area contributed by atoms with Crippen LogP contribution in [0.3, 0.4) is 0 Å². The van der Waals surface area contributed by atoms with E-state index in [9.17, 15) is 13.6 Å². The second-order valence-corrected chi connectivity index (χ2v) is 6.75. The van der Waals surface area contributed by atoms with Gasteiger partial charge in [0, 0.05) is 24.5 Å². The molecule has 0 saturated heterocycles. The molecule has 6 nitrogen and oxygen atoms in total. The monoisotopic (exact) mass is 425 g/mol. The number of nitrogens with one attached hydrogen (secondary N) is 1. The van der Waals surface area contributed by atoms with Crippen molar-refractivity contribution in [2.24, 2.45) is 0 Å². The Morgan fingerprint density at radius 1 is 1.03 bits per heavy atom. The van der Waals surface area contributed by atoms with E-state index in [0.717, 1.165) is 0 Å². The van der Waals surface area contributed by atoms with Crippen LogP contribution in [-0.2, 0) is 6.54 Å². The predicted octanol–water partition coefficient (Wildman–Crippen LogP) is 4.19. The van der Waals surface area contributed by atoms with Crippen molar-refractivity contribution >= 4 is 17.5 Å². The smallest absolute Gasteiger partial charge is 0.274 e. The van der Waals surface area contributed by atoms with E-state index >= 15 is 0 Å². The van der Waals surface area contributed by atoms with Gasteiger partial charge in [0.05, 0.1) is 10.7 Å². The Morgan fingerprint density at radius 2 is 1.77 bits per heavy atom. The largest absolute Gasteiger partial charge is 0.346 e. The molecular weight excluding hydrogens is 412 g/mol. The average Bonchev–Trinajstić information content (AvgIpc) is 3.21. The summed E-state index contributed by atoms with van der Waals surface area (Å²) in [6.45, 7) is 0.123. The van der Waals surface area contributed by atoms with Crippen LogP contribution in [0.1, 0.15) is 16.1 Å². The van der Waals surface area contributed by atoms with E-state index in [4.69, 9.17) is 11.6 Å². The van der Waals surface area contributed by atoms with E-state index in [-0.39, 0.29) is 23.1 Å². The number of carbonyl (C=O) groups is 1. The second-order valence-electron chi connectivity index (χ2n) is 6.34. The first-order valence-electron chi connectivity index (χ1n) is 8.87. The van der Waals surface area contributed by atoms with Gasteiger partial charge in [-0.05, 0) is 54.1 Å². The first-order valence-corrected chi connectivity index (χ1v) is 9.25. The minimum Gasteiger partial charge on any atom is -0.346 e. The highest BCUT2D eigenvalue weighted by Crippen LogP contribution is 2.25. The molecule has 4 rings (SSSR count). The standard InChI is InChI=1S/C21H14ClF2N5O/c22-17-11-13(1-6-18(17)24)12-26-21(30)19-20(14-7-9-25-10-8-14)29(28-27-19)16-4-2-15(23)3-5-16/h1-11H,12H2,(H,26,30). The normalized spacial score (nSPS) is 10.8. The van der Waals surface area contributed by atoms with Gasteiger partial charge in [0.25, 0.3) is 5.91 Å². The SMILES string of the molecule is O=C(NCc1ccc(F)c(Cl)c1)c1nnn(-c2ccc(F)cc2)c1-c1ccncc1. The van der Waals surface area contributed by atoms with E-state index in [1.54, 1.807) is 24.5 Å². The van der Waals surface area contributed by atoms with Crippen molar-refractivity contribution < 1.29 is 13.6 Å². The fourth-order valence-corrected chi connectivity index (χ4v) is 3.09. The zero-order valence-electron chi connectivity index (χ0n) is 15.4. The number of aromatic nitrogens is 4. The van der Waals surface area contributed by atoms with Crippen molar-refractivity contribution in [3.05, 3.63) is 94.9 Å². The number of rotatable bonds is 5. The summed E-state index contributed by atoms with van der Waals surface area (Å²) in [7, 11) is 0. The van der Waals surface area contributed by atoms with Crippen molar-refractivity contribution in [2.75, 3.05) is 0 Å². The molecule has 0 saturated carbocycles. The van der Waals surface area contributed by atoms with Gasteiger partial charge in [-0.2, -0.15) is 0 Å². The lowest BCUT2D eigenvalue weighted by Crippen LogP contribution is -2.24. The number of amides is 1. The fraction of sp³-hybridized carbons (Fsp3) is 0.0476. The molecule has 30 heavy (non-hydrogen) atoms. The maximum atomic E-state index is 13.3. The molecule has 1 amide bonds. The minimum absolute atomic E-state index is 0.0264. The number of hydrogen-bond donors (Lipinski definition) is 1. The molecular formula is C21H14ClF2N5O. The molecule has 2 heterocycles. The quantitative estimate of drug-likeness (QED) is 0.520. The van der Waals surface area contributed by atoms with Gasteiger partial charge in [-0.3, -0.25) is 9.78 Å². The van der Waals surface area contributed by atoms with Gasteiger partial charge < -0.3 is 5.32 Å². The third-order valence-corrected chi connectivity index (χ3v) is 4.64. The van der Waals surface area contributed by atoms with Gasteiger partial charge >= 0.3 is 0 Å². The maximum absolute atomic E-state index is 13.3. The van der Waals surface area contributed by atoms with Crippen LogP contribution in [-0.4, -0.2) is 25.9 Å². The van der Waals surface area contributed by atoms with E-state index in [1.807, 2.05) is 0 Å². The van der Waals surface area contributed by atoms with Crippen molar-refractivity contribution in [1.82, 2.24) is 25.3 Å². The van der Waals surface area contributed by atoms with Crippen molar-refractivity contribution in [2.45, 2.75) is 6.54 Å². The molecule has 150 valence electrons. The second kappa shape index (κ2) is 8.38. The summed E-state index contributed by atoms with van der Waals surface area (Å²) < 4.78 is 28.1. The van der Waals surface area contributed by atoms with Crippen LogP contribution in [0.5, 0.6) is 0 Å². The summed E-state index contributed by atoms with van der Waals surface area (Å²) >= 11 is 5.79. The predicted molar refractivity (Wildman–Crippen MR) is 107 cm³/mol. The van der Waals surface area contributed by atoms with Gasteiger partial charge in [0.15, 0.2) is 5.69 Å². The first-order chi connectivity index (χ1) is 14.5. The topological polar surface area (TPSA) is 72.7 Å². The molecule has 2 aromatic carbocycles. The molecule has 0 aliphatic heterocycles. The number of halogens is 3. The number of benzene rings is 2. The highest BCUT2D eigenvalue weighted by atomic mass is 35.5. The van der Waals surface area contributed by atoms with Gasteiger partial charge in [-0.25, -0.2) is 13.5 Å². The van der Waals surface area contributed by atoms with Crippen molar-refractivity contribution in [3.8, 4) is 16.9 Å². The number of hydrogen-bond acceptors (Lipinski definition) is 4. The molecule has 0 atom stereocenters. The Hall–Kier alpha value is -3.65. The van der Waals surface area contributed by atoms with Crippen molar-refractivity contribution in [1.29, 1.82) is 0 Å². The maximum Gasteiger partial charge on any atom is 0.274 e. The first kappa shape index (κ1) is 19.7. The molecule has 0 bridgehead atoms.